The van der Waals surface area contributed by atoms with Crippen LogP contribution in [-0.4, -0.2) is 40.8 Å². The Hall–Kier alpha value is -3.80. The van der Waals surface area contributed by atoms with E-state index < -0.39 is 0 Å². The summed E-state index contributed by atoms with van der Waals surface area (Å²) in [6.07, 6.45) is 1.73. The maximum atomic E-state index is 13.4. The number of aromatic nitrogens is 4. The highest BCUT2D eigenvalue weighted by atomic mass is 32.2. The number of imidazole rings is 1. The molecule has 38 heavy (non-hydrogen) atoms. The highest BCUT2D eigenvalue weighted by Crippen LogP contribution is 2.31. The maximum Gasteiger partial charge on any atom is 0.269 e. The van der Waals surface area contributed by atoms with Crippen molar-refractivity contribution in [3.8, 4) is 17.1 Å². The van der Waals surface area contributed by atoms with Crippen LogP contribution in [0.15, 0.2) is 69.9 Å². The number of nitrogens with zero attached hydrogens (tertiary/aromatic N) is 5. The largest absolute Gasteiger partial charge is 0.416 e. The summed E-state index contributed by atoms with van der Waals surface area (Å²) >= 11 is 7.89. The first kappa shape index (κ1) is 24.5. The lowest BCUT2D eigenvalue weighted by molar-refractivity contribution is -0.120. The number of rotatable bonds is 5. The molecule has 190 valence electrons. The second-order valence-corrected chi connectivity index (χ2v) is 11.0. The molecule has 8 nitrogen and oxygen atoms in total. The molecule has 0 aliphatic carbocycles. The number of carbonyl (C=O) groups is 1. The van der Waals surface area contributed by atoms with E-state index in [1.807, 2.05) is 79.1 Å². The Morgan fingerprint density at radius 2 is 1.68 bits per heavy atom. The highest BCUT2D eigenvalue weighted by Gasteiger charge is 2.33. The fourth-order valence-corrected chi connectivity index (χ4v) is 6.99. The predicted molar refractivity (Wildman–Crippen MR) is 155 cm³/mol. The molecule has 0 N–H and O–H groups in total. The molecule has 1 aliphatic rings. The van der Waals surface area contributed by atoms with Crippen molar-refractivity contribution in [3.05, 3.63) is 86.0 Å². The van der Waals surface area contributed by atoms with Crippen molar-refractivity contribution in [3.63, 3.8) is 0 Å². The normalized spacial score (nSPS) is 15.8. The van der Waals surface area contributed by atoms with Crippen molar-refractivity contribution in [2.75, 3.05) is 6.54 Å². The molecule has 0 radical (unpaired) electrons. The molecule has 0 unspecified atom stereocenters. The molecule has 0 bridgehead atoms. The molecule has 1 saturated heterocycles. The number of thiazole rings is 1. The van der Waals surface area contributed by atoms with Crippen LogP contribution >= 0.6 is 35.3 Å². The van der Waals surface area contributed by atoms with Crippen molar-refractivity contribution < 1.29 is 9.21 Å². The van der Waals surface area contributed by atoms with Crippen LogP contribution in [0, 0.1) is 0 Å². The van der Waals surface area contributed by atoms with Crippen LogP contribution in [0.5, 0.6) is 0 Å². The van der Waals surface area contributed by atoms with Gasteiger partial charge in [-0.3, -0.25) is 23.6 Å². The summed E-state index contributed by atoms with van der Waals surface area (Å²) in [5.74, 6) is 0.806. The Morgan fingerprint density at radius 1 is 0.974 bits per heavy atom. The number of hydrogen-bond acceptors (Lipinski definition) is 8. The summed E-state index contributed by atoms with van der Waals surface area (Å²) in [6.45, 7) is 4.67. The van der Waals surface area contributed by atoms with E-state index in [4.69, 9.17) is 26.6 Å². The lowest BCUT2D eigenvalue weighted by atomic mass is 10.2. The van der Waals surface area contributed by atoms with Gasteiger partial charge in [0.2, 0.25) is 11.5 Å². The molecule has 2 aromatic carbocycles. The third kappa shape index (κ3) is 4.03. The molecule has 4 heterocycles. The number of thioether (sulfide) groups is 1. The van der Waals surface area contributed by atoms with Crippen LogP contribution in [0.2, 0.25) is 0 Å². The Labute approximate surface area is 230 Å². The molecule has 0 saturated carbocycles. The smallest absolute Gasteiger partial charge is 0.269 e. The van der Waals surface area contributed by atoms with Crippen molar-refractivity contribution in [1.29, 1.82) is 0 Å². The molecule has 1 fully saturated rings. The molecule has 5 aromatic rings. The first-order valence-corrected chi connectivity index (χ1v) is 14.0. The number of hydrogen-bond donors (Lipinski definition) is 0. The molecule has 1 aliphatic heterocycles. The van der Waals surface area contributed by atoms with Gasteiger partial charge in [-0.05, 0) is 38.1 Å². The lowest BCUT2D eigenvalue weighted by Gasteiger charge is -2.09. The number of oxazole rings is 1. The lowest BCUT2D eigenvalue weighted by Crippen LogP contribution is -2.33. The van der Waals surface area contributed by atoms with Gasteiger partial charge >= 0.3 is 0 Å². The second kappa shape index (κ2) is 9.82. The van der Waals surface area contributed by atoms with Crippen molar-refractivity contribution >= 4 is 67.9 Å². The average molecular weight is 560 g/mol. The zero-order valence-corrected chi connectivity index (χ0v) is 22.9. The minimum atomic E-state index is -0.188. The number of benzene rings is 2. The summed E-state index contributed by atoms with van der Waals surface area (Å²) in [6, 6.07) is 19.3. The van der Waals surface area contributed by atoms with E-state index in [1.165, 1.54) is 23.1 Å². The summed E-state index contributed by atoms with van der Waals surface area (Å²) in [7, 11) is 0. The third-order valence-electron chi connectivity index (χ3n) is 6.13. The van der Waals surface area contributed by atoms with Crippen molar-refractivity contribution in [2.24, 2.45) is 0 Å². The number of fused-ring (bicyclic) bond motifs is 1. The quantitative estimate of drug-likeness (QED) is 0.303. The average Bonchev–Trinajstić information content (AvgIpc) is 3.65. The van der Waals surface area contributed by atoms with Crippen LogP contribution in [0.4, 0.5) is 0 Å². The van der Waals surface area contributed by atoms with Crippen molar-refractivity contribution in [2.45, 2.75) is 20.4 Å². The minimum absolute atomic E-state index is 0.168. The number of carbonyl (C=O) groups excluding carboxylic acids is 1. The number of thiocarbonyl (C=S) groups is 1. The third-order valence-corrected chi connectivity index (χ3v) is 8.82. The van der Waals surface area contributed by atoms with Gasteiger partial charge in [-0.15, -0.1) is 11.3 Å². The molecular formula is C27H21N5O3S3. The van der Waals surface area contributed by atoms with Gasteiger partial charge in [0, 0.05) is 30.4 Å². The summed E-state index contributed by atoms with van der Waals surface area (Å²) in [5.41, 5.74) is 2.41. The molecule has 11 heteroatoms. The van der Waals surface area contributed by atoms with E-state index >= 15 is 0 Å². The van der Waals surface area contributed by atoms with Gasteiger partial charge in [-0.25, -0.2) is 0 Å². The summed E-state index contributed by atoms with van der Waals surface area (Å²) in [5, 5.41) is 0. The maximum absolute atomic E-state index is 13.4. The zero-order chi connectivity index (χ0) is 26.4. The zero-order valence-electron chi connectivity index (χ0n) is 20.5. The van der Waals surface area contributed by atoms with Gasteiger partial charge in [0.15, 0.2) is 0 Å². The summed E-state index contributed by atoms with van der Waals surface area (Å²) in [4.78, 5) is 37.9. The van der Waals surface area contributed by atoms with Gasteiger partial charge in [0.05, 0.1) is 4.53 Å². The van der Waals surface area contributed by atoms with Crippen LogP contribution in [0.3, 0.4) is 0 Å². The van der Waals surface area contributed by atoms with Gasteiger partial charge in [0.25, 0.3) is 17.2 Å². The van der Waals surface area contributed by atoms with E-state index in [0.717, 1.165) is 11.3 Å². The topological polar surface area (TPSA) is 86.2 Å². The fourth-order valence-electron chi connectivity index (χ4n) is 4.31. The van der Waals surface area contributed by atoms with Gasteiger partial charge in [-0.2, -0.15) is 9.97 Å². The number of amides is 1. The predicted octanol–water partition coefficient (Wildman–Crippen LogP) is 3.74. The van der Waals surface area contributed by atoms with Gasteiger partial charge < -0.3 is 4.42 Å². The van der Waals surface area contributed by atoms with E-state index in [0.29, 0.717) is 54.6 Å². The Kier molecular flexibility index (Phi) is 6.34. The minimum Gasteiger partial charge on any atom is -0.416 e. The van der Waals surface area contributed by atoms with E-state index in [2.05, 4.69) is 0 Å². The monoisotopic (exact) mass is 559 g/mol. The first-order chi connectivity index (χ1) is 18.5. The highest BCUT2D eigenvalue weighted by molar-refractivity contribution is 8.30. The van der Waals surface area contributed by atoms with Gasteiger partial charge in [-0.1, -0.05) is 60.4 Å². The molecule has 0 atom stereocenters. The fraction of sp³-hybridized carbons (Fsp3) is 0.148. The number of para-hydroxylation sites is 1. The van der Waals surface area contributed by atoms with E-state index in [9.17, 15) is 9.59 Å². The van der Waals surface area contributed by atoms with Gasteiger partial charge in [0.1, 0.15) is 19.7 Å². The standard InChI is InChI=1S/C27H21N5O3S3/c1-3-30-24(33)18(37-26(30)20-25(34)31(4-2)27(36)38-20)15-19-28-23-21(32(19)17-13-9-6-10-14-17)29-22(35-23)16-11-7-5-8-12-16/h5-15H,3-4H2,1-2H3/b18-15+,26-20+. The first-order valence-electron chi connectivity index (χ1n) is 12.0. The molecule has 6 rings (SSSR count). The molecule has 1 amide bonds. The summed E-state index contributed by atoms with van der Waals surface area (Å²) < 4.78 is 11.1. The van der Waals surface area contributed by atoms with Crippen LogP contribution in [0.25, 0.3) is 39.5 Å². The Bertz CT molecular complexity index is 1880. The van der Waals surface area contributed by atoms with Crippen LogP contribution in [0.1, 0.15) is 19.7 Å². The van der Waals surface area contributed by atoms with Crippen LogP contribution in [-0.2, 0) is 11.3 Å². The van der Waals surface area contributed by atoms with Crippen molar-refractivity contribution in [1.82, 2.24) is 24.0 Å². The Balaban J connectivity index is 1.58. The molecule has 0 spiro atoms. The molecule has 3 aromatic heterocycles. The van der Waals surface area contributed by atoms with E-state index in [-0.39, 0.29) is 11.5 Å². The molecular weight excluding hydrogens is 539 g/mol. The Morgan fingerprint density at radius 3 is 2.34 bits per heavy atom. The van der Waals surface area contributed by atoms with E-state index in [1.54, 1.807) is 15.5 Å². The van der Waals surface area contributed by atoms with Crippen LogP contribution < -0.4 is 14.8 Å². The SMILES string of the molecule is CCN1C(=O)/C(=c2\s/c(=C/c3nc4oc(-c5ccccc5)nc4n3-c3ccccc3)c(=O)n2CC)SC1=S. The second-order valence-electron chi connectivity index (χ2n) is 8.37.